The van der Waals surface area contributed by atoms with E-state index in [4.69, 9.17) is 4.98 Å². The van der Waals surface area contributed by atoms with E-state index in [0.717, 1.165) is 22.5 Å². The highest BCUT2D eigenvalue weighted by Crippen LogP contribution is 2.34. The summed E-state index contributed by atoms with van der Waals surface area (Å²) >= 11 is 1.51. The molecule has 0 aliphatic carbocycles. The van der Waals surface area contributed by atoms with E-state index in [1.54, 1.807) is 20.3 Å². The standard InChI is InChI=1S/C25H25N5O2S/c1-4-28(18-9-5-7-16(2)11-18)22(31)13-20-15-33-25-27-23-21(24(32)29(20)25)14-26-30(23)19-10-6-8-17(3)12-19/h5-12,14,20H,4,13,15H2,1-3H3. The molecule has 1 atom stereocenters. The first-order valence-corrected chi connectivity index (χ1v) is 12.0. The third kappa shape index (κ3) is 3.84. The lowest BCUT2D eigenvalue weighted by Crippen LogP contribution is -2.34. The molecule has 1 aliphatic heterocycles. The quantitative estimate of drug-likeness (QED) is 0.416. The Morgan fingerprint density at radius 2 is 1.91 bits per heavy atom. The molecule has 0 saturated heterocycles. The Balaban J connectivity index is 1.48. The minimum atomic E-state index is -0.233. The van der Waals surface area contributed by atoms with Crippen LogP contribution in [0.15, 0.2) is 64.7 Å². The summed E-state index contributed by atoms with van der Waals surface area (Å²) < 4.78 is 3.39. The molecule has 2 aromatic heterocycles. The van der Waals surface area contributed by atoms with Gasteiger partial charge in [0.2, 0.25) is 5.91 Å². The first-order chi connectivity index (χ1) is 16.0. The summed E-state index contributed by atoms with van der Waals surface area (Å²) in [4.78, 5) is 33.2. The van der Waals surface area contributed by atoms with Gasteiger partial charge in [-0.3, -0.25) is 14.2 Å². The molecular formula is C25H25N5O2S. The first-order valence-electron chi connectivity index (χ1n) is 11.0. The fourth-order valence-corrected chi connectivity index (χ4v) is 5.47. The van der Waals surface area contributed by atoms with E-state index in [-0.39, 0.29) is 23.9 Å². The van der Waals surface area contributed by atoms with Gasteiger partial charge in [0.1, 0.15) is 5.39 Å². The van der Waals surface area contributed by atoms with Gasteiger partial charge < -0.3 is 4.90 Å². The lowest BCUT2D eigenvalue weighted by atomic mass is 10.1. The molecule has 0 radical (unpaired) electrons. The molecule has 0 saturated carbocycles. The number of rotatable bonds is 5. The average Bonchev–Trinajstić information content (AvgIpc) is 3.39. The van der Waals surface area contributed by atoms with E-state index in [9.17, 15) is 9.59 Å². The number of carbonyl (C=O) groups excluding carboxylic acids is 1. The highest BCUT2D eigenvalue weighted by atomic mass is 32.2. The van der Waals surface area contributed by atoms with Gasteiger partial charge in [-0.15, -0.1) is 0 Å². The van der Waals surface area contributed by atoms with Crippen LogP contribution in [0.25, 0.3) is 16.7 Å². The number of nitrogens with zero attached hydrogens (tertiary/aromatic N) is 5. The second-order valence-corrected chi connectivity index (χ2v) is 9.34. The van der Waals surface area contributed by atoms with Crippen LogP contribution in [-0.2, 0) is 4.79 Å². The summed E-state index contributed by atoms with van der Waals surface area (Å²) in [6.07, 6.45) is 1.83. The molecular weight excluding hydrogens is 434 g/mol. The number of hydrogen-bond acceptors (Lipinski definition) is 5. The Labute approximate surface area is 196 Å². The average molecular weight is 460 g/mol. The Morgan fingerprint density at radius 1 is 1.15 bits per heavy atom. The van der Waals surface area contributed by atoms with Crippen LogP contribution >= 0.6 is 11.8 Å². The van der Waals surface area contributed by atoms with Crippen LogP contribution in [0.2, 0.25) is 0 Å². The Morgan fingerprint density at radius 3 is 2.64 bits per heavy atom. The van der Waals surface area contributed by atoms with Gasteiger partial charge in [0.25, 0.3) is 5.56 Å². The minimum Gasteiger partial charge on any atom is -0.313 e. The number of anilines is 1. The monoisotopic (exact) mass is 459 g/mol. The normalized spacial score (nSPS) is 15.1. The highest BCUT2D eigenvalue weighted by Gasteiger charge is 2.31. The summed E-state index contributed by atoms with van der Waals surface area (Å²) in [6, 6.07) is 15.6. The van der Waals surface area contributed by atoms with E-state index in [0.29, 0.717) is 28.5 Å². The molecule has 4 aromatic rings. The number of hydrogen-bond donors (Lipinski definition) is 0. The molecule has 5 rings (SSSR count). The van der Waals surface area contributed by atoms with Crippen LogP contribution in [0, 0.1) is 13.8 Å². The van der Waals surface area contributed by atoms with Crippen LogP contribution in [0.3, 0.4) is 0 Å². The Kier molecular flexibility index (Phi) is 5.54. The first kappa shape index (κ1) is 21.5. The van der Waals surface area contributed by atoms with Crippen LogP contribution < -0.4 is 10.5 Å². The molecule has 0 N–H and O–H groups in total. The topological polar surface area (TPSA) is 73.0 Å². The fraction of sp³-hybridized carbons (Fsp3) is 0.280. The molecule has 1 unspecified atom stereocenters. The molecule has 33 heavy (non-hydrogen) atoms. The van der Waals surface area contributed by atoms with E-state index < -0.39 is 0 Å². The van der Waals surface area contributed by atoms with Crippen LogP contribution in [0.4, 0.5) is 5.69 Å². The van der Waals surface area contributed by atoms with Gasteiger partial charge in [-0.2, -0.15) is 5.10 Å². The predicted molar refractivity (Wildman–Crippen MR) is 131 cm³/mol. The van der Waals surface area contributed by atoms with Crippen LogP contribution in [-0.4, -0.2) is 37.5 Å². The zero-order chi connectivity index (χ0) is 23.1. The number of amides is 1. The maximum absolute atomic E-state index is 13.4. The van der Waals surface area contributed by atoms with Crippen molar-refractivity contribution in [2.24, 2.45) is 0 Å². The number of carbonyl (C=O) groups is 1. The summed E-state index contributed by atoms with van der Waals surface area (Å²) in [7, 11) is 0. The predicted octanol–water partition coefficient (Wildman–Crippen LogP) is 4.29. The van der Waals surface area contributed by atoms with Crippen molar-refractivity contribution in [3.8, 4) is 5.69 Å². The van der Waals surface area contributed by atoms with Crippen molar-refractivity contribution in [3.05, 3.63) is 76.2 Å². The molecule has 2 aromatic carbocycles. The molecule has 7 nitrogen and oxygen atoms in total. The van der Waals surface area contributed by atoms with Gasteiger partial charge >= 0.3 is 0 Å². The summed E-state index contributed by atoms with van der Waals surface area (Å²) in [6.45, 7) is 6.57. The Bertz CT molecular complexity index is 1420. The Hall–Kier alpha value is -3.39. The van der Waals surface area contributed by atoms with Gasteiger partial charge in [-0.25, -0.2) is 9.67 Å². The maximum Gasteiger partial charge on any atom is 0.265 e. The van der Waals surface area contributed by atoms with Gasteiger partial charge in [0, 0.05) is 24.4 Å². The SMILES string of the molecule is CCN(C(=O)CC1CSc2nc3c(cnn3-c3cccc(C)c3)c(=O)n21)c1cccc(C)c1. The second-order valence-electron chi connectivity index (χ2n) is 8.35. The van der Waals surface area contributed by atoms with Gasteiger partial charge in [-0.1, -0.05) is 36.0 Å². The smallest absolute Gasteiger partial charge is 0.265 e. The van der Waals surface area contributed by atoms with Gasteiger partial charge in [0.05, 0.1) is 17.9 Å². The van der Waals surface area contributed by atoms with Gasteiger partial charge in [-0.05, 0) is 56.2 Å². The van der Waals surface area contributed by atoms with E-state index in [1.165, 1.54) is 11.8 Å². The third-order valence-corrected chi connectivity index (χ3v) is 7.06. The van der Waals surface area contributed by atoms with Crippen molar-refractivity contribution in [1.82, 2.24) is 19.3 Å². The number of thioether (sulfide) groups is 1. The molecule has 1 amide bonds. The van der Waals surface area contributed by atoms with E-state index >= 15 is 0 Å². The van der Waals surface area contributed by atoms with Crippen molar-refractivity contribution >= 4 is 34.4 Å². The van der Waals surface area contributed by atoms with Crippen molar-refractivity contribution in [2.75, 3.05) is 17.2 Å². The zero-order valence-corrected chi connectivity index (χ0v) is 19.7. The van der Waals surface area contributed by atoms with E-state index in [2.05, 4.69) is 5.10 Å². The summed E-state index contributed by atoms with van der Waals surface area (Å²) in [5, 5.41) is 5.54. The molecule has 168 valence electrons. The lowest BCUT2D eigenvalue weighted by molar-refractivity contribution is -0.119. The van der Waals surface area contributed by atoms with Crippen molar-refractivity contribution in [2.45, 2.75) is 38.4 Å². The number of benzene rings is 2. The highest BCUT2D eigenvalue weighted by molar-refractivity contribution is 7.99. The third-order valence-electron chi connectivity index (χ3n) is 5.96. The molecule has 0 bridgehead atoms. The van der Waals surface area contributed by atoms with Crippen molar-refractivity contribution in [1.29, 1.82) is 0 Å². The minimum absolute atomic E-state index is 0.00371. The number of aryl methyl sites for hydroxylation is 2. The fourth-order valence-electron chi connectivity index (χ4n) is 4.34. The largest absolute Gasteiger partial charge is 0.313 e. The molecule has 1 aliphatic rings. The molecule has 8 heteroatoms. The van der Waals surface area contributed by atoms with Crippen LogP contribution in [0.1, 0.15) is 30.5 Å². The summed E-state index contributed by atoms with van der Waals surface area (Å²) in [5.41, 5.74) is 4.37. The van der Waals surface area contributed by atoms with Crippen molar-refractivity contribution < 1.29 is 4.79 Å². The maximum atomic E-state index is 13.4. The van der Waals surface area contributed by atoms with Crippen LogP contribution in [0.5, 0.6) is 0 Å². The zero-order valence-electron chi connectivity index (χ0n) is 18.9. The lowest BCUT2D eigenvalue weighted by Gasteiger charge is -2.23. The molecule has 0 spiro atoms. The number of aromatic nitrogens is 4. The second kappa shape index (κ2) is 8.51. The molecule has 3 heterocycles. The van der Waals surface area contributed by atoms with Crippen molar-refractivity contribution in [3.63, 3.8) is 0 Å². The van der Waals surface area contributed by atoms with Gasteiger partial charge in [0.15, 0.2) is 10.8 Å². The summed E-state index contributed by atoms with van der Waals surface area (Å²) in [5.74, 6) is 0.646. The molecule has 0 fully saturated rings. The number of fused-ring (bicyclic) bond motifs is 2. The van der Waals surface area contributed by atoms with E-state index in [1.807, 2.05) is 69.3 Å².